The molecule has 0 radical (unpaired) electrons. The number of methoxy groups -OCH3 is 1. The molecule has 6 nitrogen and oxygen atoms in total. The third kappa shape index (κ3) is 2.63. The van der Waals surface area contributed by atoms with Crippen molar-refractivity contribution >= 4 is 11.6 Å². The number of likely N-dealkylation sites (tertiary alicyclic amines) is 1. The van der Waals surface area contributed by atoms with Gasteiger partial charge >= 0.3 is 5.97 Å². The smallest absolute Gasteiger partial charge is 0.341 e. The van der Waals surface area contributed by atoms with Gasteiger partial charge in [0.25, 0.3) is 0 Å². The number of pyridine rings is 1. The largest absolute Gasteiger partial charge is 0.465 e. The molecule has 0 bridgehead atoms. The third-order valence-corrected chi connectivity index (χ3v) is 4.18. The molecule has 0 aromatic carbocycles. The minimum Gasteiger partial charge on any atom is -0.465 e. The minimum atomic E-state index is -0.375. The van der Waals surface area contributed by atoms with Crippen LogP contribution in [0.2, 0.25) is 0 Å². The fourth-order valence-electron chi connectivity index (χ4n) is 2.87. The Morgan fingerprint density at radius 2 is 2.19 bits per heavy atom. The summed E-state index contributed by atoms with van der Waals surface area (Å²) in [4.78, 5) is 18.8. The molecule has 1 saturated heterocycles. The second-order valence-electron chi connectivity index (χ2n) is 5.36. The van der Waals surface area contributed by atoms with E-state index in [0.29, 0.717) is 17.1 Å². The lowest BCUT2D eigenvalue weighted by molar-refractivity contribution is 0.0602. The molecule has 0 aliphatic carbocycles. The van der Waals surface area contributed by atoms with Crippen LogP contribution in [0.25, 0.3) is 5.65 Å². The molecular weight excluding hydrogens is 268 g/mol. The van der Waals surface area contributed by atoms with Crippen molar-refractivity contribution in [1.29, 1.82) is 0 Å². The number of fused-ring (bicyclic) bond motifs is 1. The fourth-order valence-corrected chi connectivity index (χ4v) is 2.87. The van der Waals surface area contributed by atoms with Crippen LogP contribution in [0.5, 0.6) is 0 Å². The maximum absolute atomic E-state index is 11.8. The molecular formula is C15H20N4O2. The van der Waals surface area contributed by atoms with Crippen molar-refractivity contribution in [2.45, 2.75) is 25.7 Å². The van der Waals surface area contributed by atoms with Crippen molar-refractivity contribution in [3.63, 3.8) is 0 Å². The van der Waals surface area contributed by atoms with Crippen LogP contribution in [0.1, 0.15) is 41.9 Å². The number of aromatic nitrogens is 3. The molecule has 0 spiro atoms. The van der Waals surface area contributed by atoms with E-state index in [2.05, 4.69) is 21.9 Å². The highest BCUT2D eigenvalue weighted by Crippen LogP contribution is 2.26. The number of ether oxygens (including phenoxy) is 1. The topological polar surface area (TPSA) is 59.7 Å². The van der Waals surface area contributed by atoms with Crippen LogP contribution in [0.3, 0.4) is 0 Å². The zero-order valence-electron chi connectivity index (χ0n) is 12.5. The molecule has 0 saturated carbocycles. The predicted molar refractivity (Wildman–Crippen MR) is 78.4 cm³/mol. The van der Waals surface area contributed by atoms with Crippen LogP contribution >= 0.6 is 0 Å². The highest BCUT2D eigenvalue weighted by atomic mass is 16.5. The molecule has 1 aliphatic rings. The highest BCUT2D eigenvalue weighted by Gasteiger charge is 2.24. The van der Waals surface area contributed by atoms with Crippen molar-refractivity contribution in [3.05, 3.63) is 29.7 Å². The van der Waals surface area contributed by atoms with Gasteiger partial charge in [0.15, 0.2) is 11.5 Å². The Labute approximate surface area is 123 Å². The van der Waals surface area contributed by atoms with E-state index < -0.39 is 0 Å². The highest BCUT2D eigenvalue weighted by molar-refractivity contribution is 5.95. The van der Waals surface area contributed by atoms with Gasteiger partial charge in [-0.1, -0.05) is 6.92 Å². The normalized spacial score (nSPS) is 17.2. The molecule has 0 atom stereocenters. The van der Waals surface area contributed by atoms with Gasteiger partial charge in [0.1, 0.15) is 5.56 Å². The van der Waals surface area contributed by atoms with E-state index in [0.717, 1.165) is 38.3 Å². The number of piperidine rings is 1. The van der Waals surface area contributed by atoms with Crippen molar-refractivity contribution in [3.8, 4) is 0 Å². The Bertz CT molecular complexity index is 644. The molecule has 112 valence electrons. The van der Waals surface area contributed by atoms with E-state index in [1.54, 1.807) is 16.6 Å². The summed E-state index contributed by atoms with van der Waals surface area (Å²) in [5.41, 5.74) is 1.04. The lowest BCUT2D eigenvalue weighted by Gasteiger charge is -2.29. The van der Waals surface area contributed by atoms with E-state index in [1.807, 2.05) is 6.20 Å². The summed E-state index contributed by atoms with van der Waals surface area (Å²) in [5, 5.41) is 4.54. The van der Waals surface area contributed by atoms with E-state index in [9.17, 15) is 4.79 Å². The van der Waals surface area contributed by atoms with E-state index in [4.69, 9.17) is 4.74 Å². The number of carbonyl (C=O) groups excluding carboxylic acids is 1. The molecule has 0 N–H and O–H groups in total. The first-order chi connectivity index (χ1) is 10.2. The average molecular weight is 288 g/mol. The third-order valence-electron chi connectivity index (χ3n) is 4.18. The van der Waals surface area contributed by atoms with Gasteiger partial charge in [-0.2, -0.15) is 5.10 Å². The first-order valence-electron chi connectivity index (χ1n) is 7.39. The van der Waals surface area contributed by atoms with Crippen molar-refractivity contribution in [2.75, 3.05) is 26.7 Å². The summed E-state index contributed by atoms with van der Waals surface area (Å²) >= 11 is 0. The molecule has 1 aliphatic heterocycles. The summed E-state index contributed by atoms with van der Waals surface area (Å²) in [6.07, 6.45) is 3.95. The molecule has 0 unspecified atom stereocenters. The Hall–Kier alpha value is -1.95. The summed E-state index contributed by atoms with van der Waals surface area (Å²) in [6.45, 7) is 5.45. The van der Waals surface area contributed by atoms with Gasteiger partial charge < -0.3 is 9.64 Å². The molecule has 3 heterocycles. The molecule has 2 aromatic heterocycles. The van der Waals surface area contributed by atoms with Gasteiger partial charge in [0.05, 0.1) is 7.11 Å². The van der Waals surface area contributed by atoms with Crippen molar-refractivity contribution in [2.24, 2.45) is 0 Å². The number of hydrogen-bond acceptors (Lipinski definition) is 5. The minimum absolute atomic E-state index is 0.373. The number of nitrogens with zero attached hydrogens (tertiary/aromatic N) is 4. The van der Waals surface area contributed by atoms with Crippen LogP contribution in [-0.4, -0.2) is 52.2 Å². The molecule has 21 heavy (non-hydrogen) atoms. The van der Waals surface area contributed by atoms with Gasteiger partial charge in [-0.15, -0.1) is 0 Å². The zero-order valence-corrected chi connectivity index (χ0v) is 12.5. The molecule has 0 amide bonds. The summed E-state index contributed by atoms with van der Waals surface area (Å²) in [6, 6.07) is 3.51. The molecule has 1 fully saturated rings. The van der Waals surface area contributed by atoms with Gasteiger partial charge in [-0.05, 0) is 44.6 Å². The van der Waals surface area contributed by atoms with Crippen molar-refractivity contribution < 1.29 is 9.53 Å². The maximum Gasteiger partial charge on any atom is 0.341 e. The Balaban J connectivity index is 1.89. The molecule has 2 aromatic rings. The molecule has 3 rings (SSSR count). The first-order valence-corrected chi connectivity index (χ1v) is 7.39. The van der Waals surface area contributed by atoms with E-state index >= 15 is 0 Å². The number of carbonyl (C=O) groups is 1. The Kier molecular flexibility index (Phi) is 3.88. The SMILES string of the molecule is CCN1CCC(c2nc3c(C(=O)OC)cccn3n2)CC1. The van der Waals surface area contributed by atoms with Crippen LogP contribution in [0, 0.1) is 0 Å². The Morgan fingerprint density at radius 1 is 1.43 bits per heavy atom. The number of hydrogen-bond donors (Lipinski definition) is 0. The van der Waals surface area contributed by atoms with Gasteiger partial charge in [-0.3, -0.25) is 0 Å². The standard InChI is InChI=1S/C15H20N4O2/c1-3-18-9-6-11(7-10-18)13-16-14-12(15(20)21-2)5-4-8-19(14)17-13/h4-5,8,11H,3,6-7,9-10H2,1-2H3. The van der Waals surface area contributed by atoms with Crippen molar-refractivity contribution in [1.82, 2.24) is 19.5 Å². The van der Waals surface area contributed by atoms with Gasteiger partial charge in [0.2, 0.25) is 0 Å². The van der Waals surface area contributed by atoms with E-state index in [1.165, 1.54) is 7.11 Å². The quantitative estimate of drug-likeness (QED) is 0.805. The van der Waals surface area contributed by atoms with Crippen LogP contribution in [0.15, 0.2) is 18.3 Å². The van der Waals surface area contributed by atoms with Gasteiger partial charge in [0, 0.05) is 12.1 Å². The second kappa shape index (κ2) is 5.81. The monoisotopic (exact) mass is 288 g/mol. The first kappa shape index (κ1) is 14.0. The van der Waals surface area contributed by atoms with Crippen LogP contribution in [-0.2, 0) is 4.74 Å². The molecule has 6 heteroatoms. The second-order valence-corrected chi connectivity index (χ2v) is 5.36. The summed E-state index contributed by atoms with van der Waals surface area (Å²) < 4.78 is 6.48. The van der Waals surface area contributed by atoms with Gasteiger partial charge in [-0.25, -0.2) is 14.3 Å². The average Bonchev–Trinajstić information content (AvgIpc) is 2.98. The lowest BCUT2D eigenvalue weighted by Crippen LogP contribution is -2.32. The number of rotatable bonds is 3. The summed E-state index contributed by atoms with van der Waals surface area (Å²) in [7, 11) is 1.38. The summed E-state index contributed by atoms with van der Waals surface area (Å²) in [5.74, 6) is 0.834. The predicted octanol–water partition coefficient (Wildman–Crippen LogP) is 1.72. The van der Waals surface area contributed by atoms with E-state index in [-0.39, 0.29) is 5.97 Å². The number of esters is 1. The Morgan fingerprint density at radius 3 is 2.86 bits per heavy atom. The van der Waals surface area contributed by atoms with Crippen LogP contribution in [0.4, 0.5) is 0 Å². The fraction of sp³-hybridized carbons (Fsp3) is 0.533. The zero-order chi connectivity index (χ0) is 14.8. The maximum atomic E-state index is 11.8. The van der Waals surface area contributed by atoms with Crippen LogP contribution < -0.4 is 0 Å². The lowest BCUT2D eigenvalue weighted by atomic mass is 9.96.